The molecule has 0 unspecified atom stereocenters. The van der Waals surface area contributed by atoms with Crippen LogP contribution in [-0.2, 0) is 0 Å². The fourth-order valence-corrected chi connectivity index (χ4v) is 3.53. The number of aromatic nitrogens is 1. The molecule has 4 nitrogen and oxygen atoms in total. The van der Waals surface area contributed by atoms with Crippen molar-refractivity contribution in [1.82, 2.24) is 9.88 Å². The minimum Gasteiger partial charge on any atom is -0.396 e. The second-order valence-corrected chi connectivity index (χ2v) is 6.67. The summed E-state index contributed by atoms with van der Waals surface area (Å²) < 4.78 is 0. The van der Waals surface area contributed by atoms with E-state index in [1.54, 1.807) is 11.3 Å². The van der Waals surface area contributed by atoms with E-state index in [9.17, 15) is 9.90 Å². The number of carbonyl (C=O) groups is 1. The first-order chi connectivity index (χ1) is 10.7. The zero-order chi connectivity index (χ0) is 15.5. The maximum Gasteiger partial charge on any atom is 0.255 e. The van der Waals surface area contributed by atoms with Crippen molar-refractivity contribution in [1.29, 1.82) is 0 Å². The van der Waals surface area contributed by atoms with E-state index in [4.69, 9.17) is 0 Å². The summed E-state index contributed by atoms with van der Waals surface area (Å²) in [5.74, 6) is 0.392. The average molecular weight is 316 g/mol. The number of piperidine rings is 1. The van der Waals surface area contributed by atoms with E-state index in [1.165, 1.54) is 0 Å². The van der Waals surface area contributed by atoms with E-state index in [0.717, 1.165) is 42.2 Å². The van der Waals surface area contributed by atoms with Gasteiger partial charge < -0.3 is 10.0 Å². The zero-order valence-corrected chi connectivity index (χ0v) is 13.5. The summed E-state index contributed by atoms with van der Waals surface area (Å²) in [5, 5.41) is 11.2. The number of pyridine rings is 1. The van der Waals surface area contributed by atoms with Gasteiger partial charge in [0.15, 0.2) is 0 Å². The van der Waals surface area contributed by atoms with Crippen LogP contribution >= 0.6 is 11.3 Å². The molecule has 1 N–H and O–H groups in total. The quantitative estimate of drug-likeness (QED) is 0.947. The second kappa shape index (κ2) is 6.58. The first-order valence-electron chi connectivity index (χ1n) is 7.60. The number of nitrogens with zero attached hydrogens (tertiary/aromatic N) is 2. The van der Waals surface area contributed by atoms with Crippen LogP contribution in [0.1, 0.15) is 28.9 Å². The van der Waals surface area contributed by atoms with Crippen molar-refractivity contribution in [3.05, 3.63) is 40.9 Å². The van der Waals surface area contributed by atoms with Gasteiger partial charge in [0.1, 0.15) is 0 Å². The van der Waals surface area contributed by atoms with Gasteiger partial charge in [-0.2, -0.15) is 0 Å². The molecule has 1 fully saturated rings. The monoisotopic (exact) mass is 316 g/mol. The van der Waals surface area contributed by atoms with E-state index in [0.29, 0.717) is 11.5 Å². The zero-order valence-electron chi connectivity index (χ0n) is 12.7. The van der Waals surface area contributed by atoms with Gasteiger partial charge in [-0.25, -0.2) is 0 Å². The Kier molecular flexibility index (Phi) is 4.55. The largest absolute Gasteiger partial charge is 0.396 e. The summed E-state index contributed by atoms with van der Waals surface area (Å²) in [6.07, 6.45) is 1.75. The number of carbonyl (C=O) groups excluding carboxylic acids is 1. The molecule has 5 heteroatoms. The SMILES string of the molecule is Cc1nc(-c2cccs2)ccc1C(=O)N1CCC(CO)CC1. The van der Waals surface area contributed by atoms with E-state index in [2.05, 4.69) is 4.98 Å². The Morgan fingerprint density at radius 2 is 2.14 bits per heavy atom. The maximum absolute atomic E-state index is 12.6. The highest BCUT2D eigenvalue weighted by molar-refractivity contribution is 7.13. The van der Waals surface area contributed by atoms with Crippen LogP contribution in [0.2, 0.25) is 0 Å². The first kappa shape index (κ1) is 15.2. The van der Waals surface area contributed by atoms with Crippen molar-refractivity contribution in [3.63, 3.8) is 0 Å². The lowest BCUT2D eigenvalue weighted by Crippen LogP contribution is -2.39. The van der Waals surface area contributed by atoms with Gasteiger partial charge in [-0.15, -0.1) is 11.3 Å². The standard InChI is InChI=1S/C17H20N2O2S/c1-12-14(4-5-15(18-12)16-3-2-10-22-16)17(21)19-8-6-13(11-20)7-9-19/h2-5,10,13,20H,6-9,11H2,1H3. The number of thiophene rings is 1. The molecule has 0 aliphatic carbocycles. The van der Waals surface area contributed by atoms with Gasteiger partial charge in [-0.05, 0) is 49.3 Å². The van der Waals surface area contributed by atoms with E-state index >= 15 is 0 Å². The third-order valence-corrected chi connectivity index (χ3v) is 5.14. The van der Waals surface area contributed by atoms with Gasteiger partial charge in [0.25, 0.3) is 5.91 Å². The summed E-state index contributed by atoms with van der Waals surface area (Å²) in [4.78, 5) is 20.2. The molecule has 116 valence electrons. The minimum atomic E-state index is 0.0547. The van der Waals surface area contributed by atoms with Gasteiger partial charge in [0, 0.05) is 19.7 Å². The number of aryl methyl sites for hydroxylation is 1. The van der Waals surface area contributed by atoms with Crippen LogP contribution in [0.5, 0.6) is 0 Å². The third kappa shape index (κ3) is 3.05. The first-order valence-corrected chi connectivity index (χ1v) is 8.48. The molecule has 3 heterocycles. The van der Waals surface area contributed by atoms with E-state index in [-0.39, 0.29) is 12.5 Å². The smallest absolute Gasteiger partial charge is 0.255 e. The summed E-state index contributed by atoms with van der Waals surface area (Å²) in [6, 6.07) is 7.85. The fourth-order valence-electron chi connectivity index (χ4n) is 2.84. The number of amides is 1. The van der Waals surface area contributed by atoms with Crippen LogP contribution in [0.25, 0.3) is 10.6 Å². The predicted molar refractivity (Wildman–Crippen MR) is 88.0 cm³/mol. The number of hydrogen-bond donors (Lipinski definition) is 1. The molecule has 0 radical (unpaired) electrons. The Morgan fingerprint density at radius 3 is 2.73 bits per heavy atom. The maximum atomic E-state index is 12.6. The van der Waals surface area contributed by atoms with Crippen LogP contribution in [0.4, 0.5) is 0 Å². The molecule has 0 bridgehead atoms. The molecule has 2 aromatic rings. The van der Waals surface area contributed by atoms with Crippen LogP contribution in [-0.4, -0.2) is 40.6 Å². The van der Waals surface area contributed by atoms with Crippen LogP contribution < -0.4 is 0 Å². The molecule has 0 aromatic carbocycles. The Labute approximate surface area is 134 Å². The molecule has 1 aliphatic rings. The van der Waals surface area contributed by atoms with Crippen molar-refractivity contribution < 1.29 is 9.90 Å². The molecule has 3 rings (SSSR count). The highest BCUT2D eigenvalue weighted by atomic mass is 32.1. The van der Waals surface area contributed by atoms with E-state index in [1.807, 2.05) is 41.5 Å². The highest BCUT2D eigenvalue weighted by Gasteiger charge is 2.24. The molecular formula is C17H20N2O2S. The second-order valence-electron chi connectivity index (χ2n) is 5.72. The van der Waals surface area contributed by atoms with Crippen molar-refractivity contribution in [2.45, 2.75) is 19.8 Å². The molecule has 22 heavy (non-hydrogen) atoms. The van der Waals surface area contributed by atoms with Crippen molar-refractivity contribution in [2.24, 2.45) is 5.92 Å². The Morgan fingerprint density at radius 1 is 1.36 bits per heavy atom. The molecule has 1 saturated heterocycles. The minimum absolute atomic E-state index is 0.0547. The number of aliphatic hydroxyl groups is 1. The lowest BCUT2D eigenvalue weighted by atomic mass is 9.97. The van der Waals surface area contributed by atoms with Crippen LogP contribution in [0.15, 0.2) is 29.6 Å². The molecule has 1 aliphatic heterocycles. The van der Waals surface area contributed by atoms with Crippen molar-refractivity contribution >= 4 is 17.2 Å². The third-order valence-electron chi connectivity index (χ3n) is 4.25. The molecule has 0 saturated carbocycles. The highest BCUT2D eigenvalue weighted by Crippen LogP contribution is 2.25. The van der Waals surface area contributed by atoms with Gasteiger partial charge >= 0.3 is 0 Å². The van der Waals surface area contributed by atoms with Gasteiger partial charge in [-0.1, -0.05) is 6.07 Å². The predicted octanol–water partition coefficient (Wildman–Crippen LogP) is 2.96. The molecule has 1 amide bonds. The lowest BCUT2D eigenvalue weighted by molar-refractivity contribution is 0.0649. The average Bonchev–Trinajstić information content (AvgIpc) is 3.09. The fraction of sp³-hybridized carbons (Fsp3) is 0.412. The van der Waals surface area contributed by atoms with Gasteiger partial charge in [0.2, 0.25) is 0 Å². The van der Waals surface area contributed by atoms with Gasteiger partial charge in [0.05, 0.1) is 21.8 Å². The molecular weight excluding hydrogens is 296 g/mol. The Hall–Kier alpha value is -1.72. The molecule has 0 spiro atoms. The number of likely N-dealkylation sites (tertiary alicyclic amines) is 1. The Balaban J connectivity index is 1.76. The number of aliphatic hydroxyl groups excluding tert-OH is 1. The molecule has 2 aromatic heterocycles. The van der Waals surface area contributed by atoms with Crippen molar-refractivity contribution in [2.75, 3.05) is 19.7 Å². The van der Waals surface area contributed by atoms with Gasteiger partial charge in [-0.3, -0.25) is 9.78 Å². The Bertz CT molecular complexity index is 647. The van der Waals surface area contributed by atoms with E-state index < -0.39 is 0 Å². The summed E-state index contributed by atoms with van der Waals surface area (Å²) in [7, 11) is 0. The normalized spacial score (nSPS) is 16.0. The lowest BCUT2D eigenvalue weighted by Gasteiger charge is -2.31. The topological polar surface area (TPSA) is 53.4 Å². The summed E-state index contributed by atoms with van der Waals surface area (Å²) in [6.45, 7) is 3.55. The summed E-state index contributed by atoms with van der Waals surface area (Å²) >= 11 is 1.65. The molecule has 0 atom stereocenters. The number of rotatable bonds is 3. The van der Waals surface area contributed by atoms with Crippen LogP contribution in [0.3, 0.4) is 0 Å². The van der Waals surface area contributed by atoms with Crippen LogP contribution in [0, 0.1) is 12.8 Å². The summed E-state index contributed by atoms with van der Waals surface area (Å²) in [5.41, 5.74) is 2.38. The number of hydrogen-bond acceptors (Lipinski definition) is 4. The van der Waals surface area contributed by atoms with Crippen molar-refractivity contribution in [3.8, 4) is 10.6 Å².